The maximum atomic E-state index is 2.29. The largest absolute Gasteiger partial charge is 0.158 e. The van der Waals surface area contributed by atoms with Crippen LogP contribution in [-0.2, 0) is 0 Å². The fourth-order valence-corrected chi connectivity index (χ4v) is 6.83. The monoisotopic (exact) mass is 269 g/mol. The third-order valence-corrected chi connectivity index (χ3v) is 7.70. The van der Waals surface area contributed by atoms with E-state index in [-0.39, 0.29) is 0 Å². The molecule has 2 heteroatoms. The first-order valence-corrected chi connectivity index (χ1v) is 9.64. The Bertz CT molecular complexity index is 205. The van der Waals surface area contributed by atoms with Crippen molar-refractivity contribution in [2.45, 2.75) is 68.3 Å². The van der Waals surface area contributed by atoms with Gasteiger partial charge >= 0.3 is 0 Å². The lowest BCUT2D eigenvalue weighted by Gasteiger charge is -2.33. The Kier molecular flexibility index (Phi) is 4.66. The van der Waals surface area contributed by atoms with Gasteiger partial charge in [-0.1, -0.05) is 19.3 Å². The highest BCUT2D eigenvalue weighted by Crippen LogP contribution is 2.48. The van der Waals surface area contributed by atoms with E-state index in [4.69, 9.17) is 0 Å². The number of thioether (sulfide) groups is 2. The fourth-order valence-electron chi connectivity index (χ4n) is 3.86. The van der Waals surface area contributed by atoms with Crippen LogP contribution in [0.3, 0.4) is 0 Å². The minimum Gasteiger partial charge on any atom is -0.158 e. The second-order valence-electron chi connectivity index (χ2n) is 5.83. The average molecular weight is 269 g/mol. The lowest BCUT2D eigenvalue weighted by atomic mass is 9.80. The molecule has 3 fully saturated rings. The third kappa shape index (κ3) is 3.00. The van der Waals surface area contributed by atoms with Gasteiger partial charge in [-0.05, 0) is 61.9 Å². The minimum absolute atomic E-state index is 0.958. The van der Waals surface area contributed by atoms with E-state index in [0.717, 1.165) is 16.4 Å². The topological polar surface area (TPSA) is 0 Å². The van der Waals surface area contributed by atoms with Crippen molar-refractivity contribution >= 4 is 23.5 Å². The summed E-state index contributed by atoms with van der Waals surface area (Å²) >= 11 is 4.56. The molecule has 0 spiro atoms. The zero-order valence-electron chi connectivity index (χ0n) is 10.8. The minimum atomic E-state index is 0.958. The molecule has 3 unspecified atom stereocenters. The molecule has 1 aliphatic carbocycles. The van der Waals surface area contributed by atoms with Crippen LogP contribution in [0.2, 0.25) is 0 Å². The molecule has 3 atom stereocenters. The summed E-state index contributed by atoms with van der Waals surface area (Å²) in [6, 6.07) is 0. The molecular weight excluding hydrogens is 244 g/mol. The van der Waals surface area contributed by atoms with Crippen molar-refractivity contribution in [3.63, 3.8) is 0 Å². The normalized spacial score (nSPS) is 40.6. The predicted octanol–water partition coefficient (Wildman–Crippen LogP) is 4.93. The zero-order chi connectivity index (χ0) is 11.5. The Morgan fingerprint density at radius 3 is 2.41 bits per heavy atom. The van der Waals surface area contributed by atoms with Gasteiger partial charge in [0.05, 0.1) is 0 Å². The van der Waals surface area contributed by atoms with Crippen LogP contribution in [0.5, 0.6) is 0 Å². The maximum absolute atomic E-state index is 2.29. The summed E-state index contributed by atoms with van der Waals surface area (Å²) in [5.41, 5.74) is 0. The fraction of sp³-hybridized carbons (Fsp3) is 0.933. The Morgan fingerprint density at radius 1 is 0.765 bits per heavy atom. The molecule has 1 saturated carbocycles. The molecule has 3 aliphatic rings. The molecule has 2 saturated heterocycles. The van der Waals surface area contributed by atoms with Gasteiger partial charge in [-0.15, -0.1) is 0 Å². The predicted molar refractivity (Wildman–Crippen MR) is 80.8 cm³/mol. The van der Waals surface area contributed by atoms with Gasteiger partial charge in [0.25, 0.3) is 0 Å². The molecule has 0 nitrogen and oxygen atoms in total. The van der Waals surface area contributed by atoms with Crippen molar-refractivity contribution in [3.8, 4) is 0 Å². The van der Waals surface area contributed by atoms with E-state index in [1.807, 2.05) is 5.92 Å². The molecule has 0 aromatic carbocycles. The first-order chi connectivity index (χ1) is 8.45. The summed E-state index contributed by atoms with van der Waals surface area (Å²) in [5.74, 6) is 5.87. The Morgan fingerprint density at radius 2 is 1.65 bits per heavy atom. The number of hydrogen-bond acceptors (Lipinski definition) is 2. The first-order valence-electron chi connectivity index (χ1n) is 7.54. The van der Waals surface area contributed by atoms with Crippen LogP contribution >= 0.6 is 23.5 Å². The maximum Gasteiger partial charge on any atom is 0.0113 e. The molecular formula is C15H25S2. The van der Waals surface area contributed by atoms with Gasteiger partial charge in [0.1, 0.15) is 0 Å². The molecule has 17 heavy (non-hydrogen) atoms. The summed E-state index contributed by atoms with van der Waals surface area (Å²) in [5, 5.41) is 1.96. The average Bonchev–Trinajstić information content (AvgIpc) is 2.99. The van der Waals surface area contributed by atoms with E-state index in [2.05, 4.69) is 23.5 Å². The summed E-state index contributed by atoms with van der Waals surface area (Å²) in [4.78, 5) is 0. The molecule has 0 amide bonds. The van der Waals surface area contributed by atoms with E-state index in [1.165, 1.54) is 69.3 Å². The Labute approximate surface area is 115 Å². The van der Waals surface area contributed by atoms with Gasteiger partial charge in [-0.3, -0.25) is 0 Å². The molecule has 1 radical (unpaired) electrons. The van der Waals surface area contributed by atoms with E-state index in [1.54, 1.807) is 0 Å². The lowest BCUT2D eigenvalue weighted by Crippen LogP contribution is -2.28. The quantitative estimate of drug-likeness (QED) is 0.652. The molecule has 0 aromatic heterocycles. The van der Waals surface area contributed by atoms with Gasteiger partial charge in [0.15, 0.2) is 0 Å². The molecule has 0 N–H and O–H groups in total. The van der Waals surface area contributed by atoms with Crippen LogP contribution in [0.25, 0.3) is 0 Å². The van der Waals surface area contributed by atoms with E-state index in [0.29, 0.717) is 0 Å². The van der Waals surface area contributed by atoms with Crippen molar-refractivity contribution in [2.24, 2.45) is 5.92 Å². The van der Waals surface area contributed by atoms with Gasteiger partial charge in [0, 0.05) is 10.5 Å². The van der Waals surface area contributed by atoms with Crippen LogP contribution in [-0.4, -0.2) is 22.0 Å². The van der Waals surface area contributed by atoms with Crippen molar-refractivity contribution < 1.29 is 0 Å². The standard InChI is InChI=1S/C15H25S2/c1-2-6-12(14-8-4-10-16-14)13(7-3-1)15-9-5-11-17-15/h12,14-15H,1-11H2. The molecule has 0 aromatic rings. The zero-order valence-corrected chi connectivity index (χ0v) is 12.5. The summed E-state index contributed by atoms with van der Waals surface area (Å²) in [6.45, 7) is 0. The van der Waals surface area contributed by atoms with Crippen LogP contribution in [0.4, 0.5) is 0 Å². The summed E-state index contributed by atoms with van der Waals surface area (Å²) in [6.07, 6.45) is 13.4. The van der Waals surface area contributed by atoms with E-state index < -0.39 is 0 Å². The Balaban J connectivity index is 1.70. The van der Waals surface area contributed by atoms with Crippen LogP contribution in [0, 0.1) is 11.8 Å². The second-order valence-corrected chi connectivity index (χ2v) is 8.49. The van der Waals surface area contributed by atoms with Gasteiger partial charge < -0.3 is 0 Å². The highest BCUT2D eigenvalue weighted by atomic mass is 32.2. The van der Waals surface area contributed by atoms with E-state index >= 15 is 0 Å². The summed E-state index contributed by atoms with van der Waals surface area (Å²) < 4.78 is 0. The highest BCUT2D eigenvalue weighted by molar-refractivity contribution is 8.00. The Hall–Kier alpha value is 0.700. The molecule has 3 rings (SSSR count). The smallest absolute Gasteiger partial charge is 0.0113 e. The lowest BCUT2D eigenvalue weighted by molar-refractivity contribution is 0.445. The molecule has 97 valence electrons. The molecule has 2 heterocycles. The van der Waals surface area contributed by atoms with Gasteiger partial charge in [-0.2, -0.15) is 23.5 Å². The first kappa shape index (κ1) is 12.7. The molecule has 0 bridgehead atoms. The summed E-state index contributed by atoms with van der Waals surface area (Å²) in [7, 11) is 0. The third-order valence-electron chi connectivity index (χ3n) is 4.71. The van der Waals surface area contributed by atoms with Crippen LogP contribution < -0.4 is 0 Å². The number of hydrogen-bond donors (Lipinski definition) is 0. The van der Waals surface area contributed by atoms with E-state index in [9.17, 15) is 0 Å². The van der Waals surface area contributed by atoms with Crippen molar-refractivity contribution in [1.82, 2.24) is 0 Å². The van der Waals surface area contributed by atoms with Crippen molar-refractivity contribution in [2.75, 3.05) is 11.5 Å². The van der Waals surface area contributed by atoms with Crippen molar-refractivity contribution in [3.05, 3.63) is 5.92 Å². The highest BCUT2D eigenvalue weighted by Gasteiger charge is 2.38. The van der Waals surface area contributed by atoms with Crippen LogP contribution in [0.15, 0.2) is 0 Å². The second kappa shape index (κ2) is 6.23. The SMILES string of the molecule is C1CC[C](C2CCCS2)C(C2CCCS2)CC1. The number of rotatable bonds is 2. The molecule has 2 aliphatic heterocycles. The van der Waals surface area contributed by atoms with Crippen molar-refractivity contribution in [1.29, 1.82) is 0 Å². The van der Waals surface area contributed by atoms with Gasteiger partial charge in [-0.25, -0.2) is 0 Å². The van der Waals surface area contributed by atoms with Gasteiger partial charge in [0.2, 0.25) is 0 Å². The van der Waals surface area contributed by atoms with Crippen LogP contribution in [0.1, 0.15) is 57.8 Å².